The van der Waals surface area contributed by atoms with Gasteiger partial charge in [0.2, 0.25) is 9.84 Å². The third kappa shape index (κ3) is 2.38. The van der Waals surface area contributed by atoms with Crippen LogP contribution in [0.4, 0.5) is 10.1 Å². The predicted molar refractivity (Wildman–Crippen MR) is 61.1 cm³/mol. The zero-order chi connectivity index (χ0) is 12.5. The lowest BCUT2D eigenvalue weighted by atomic mass is 10.3. The van der Waals surface area contributed by atoms with E-state index in [1.807, 2.05) is 0 Å². The van der Waals surface area contributed by atoms with Crippen LogP contribution in [-0.4, -0.2) is 25.8 Å². The second-order valence-electron chi connectivity index (χ2n) is 3.57. The van der Waals surface area contributed by atoms with E-state index in [9.17, 15) is 12.8 Å². The topological polar surface area (TPSA) is 86.2 Å². The van der Waals surface area contributed by atoms with Gasteiger partial charge in [-0.05, 0) is 18.6 Å². The SMILES string of the molecule is Nc1ccc2nc(S(=O)(=O)CCCF)oc2c1. The fourth-order valence-corrected chi connectivity index (χ4v) is 2.50. The van der Waals surface area contributed by atoms with E-state index >= 15 is 0 Å². The molecule has 0 aliphatic rings. The number of nitrogen functional groups attached to an aromatic ring is 1. The van der Waals surface area contributed by atoms with E-state index in [0.717, 1.165) is 0 Å². The average Bonchev–Trinajstić information content (AvgIpc) is 2.70. The molecular formula is C10H11FN2O3S. The molecule has 7 heteroatoms. The zero-order valence-corrected chi connectivity index (χ0v) is 9.71. The molecule has 0 bridgehead atoms. The van der Waals surface area contributed by atoms with E-state index in [0.29, 0.717) is 16.8 Å². The Morgan fingerprint density at radius 1 is 1.41 bits per heavy atom. The molecule has 0 aliphatic heterocycles. The number of nitrogens with zero attached hydrogens (tertiary/aromatic N) is 1. The van der Waals surface area contributed by atoms with Crippen molar-refractivity contribution in [3.05, 3.63) is 18.2 Å². The average molecular weight is 258 g/mol. The highest BCUT2D eigenvalue weighted by molar-refractivity contribution is 7.91. The number of oxazole rings is 1. The lowest BCUT2D eigenvalue weighted by Crippen LogP contribution is -2.07. The first kappa shape index (κ1) is 11.8. The van der Waals surface area contributed by atoms with E-state index in [1.165, 1.54) is 6.07 Å². The molecule has 2 rings (SSSR count). The van der Waals surface area contributed by atoms with Gasteiger partial charge in [0.25, 0.3) is 0 Å². The summed E-state index contributed by atoms with van der Waals surface area (Å²) >= 11 is 0. The van der Waals surface area contributed by atoms with Crippen LogP contribution < -0.4 is 5.73 Å². The van der Waals surface area contributed by atoms with Gasteiger partial charge < -0.3 is 10.2 Å². The lowest BCUT2D eigenvalue weighted by Gasteiger charge is -1.95. The molecule has 1 aromatic heterocycles. The number of nitrogens with two attached hydrogens (primary N) is 1. The third-order valence-electron chi connectivity index (χ3n) is 2.21. The number of halogens is 1. The summed E-state index contributed by atoms with van der Waals surface area (Å²) < 4.78 is 40.5. The van der Waals surface area contributed by atoms with Crippen LogP contribution in [-0.2, 0) is 9.84 Å². The largest absolute Gasteiger partial charge is 0.428 e. The summed E-state index contributed by atoms with van der Waals surface area (Å²) in [5.74, 6) is -0.314. The molecule has 5 nitrogen and oxygen atoms in total. The number of hydrogen-bond acceptors (Lipinski definition) is 5. The van der Waals surface area contributed by atoms with Crippen LogP contribution in [0.25, 0.3) is 11.1 Å². The van der Waals surface area contributed by atoms with Crippen LogP contribution in [0.15, 0.2) is 27.8 Å². The lowest BCUT2D eigenvalue weighted by molar-refractivity contribution is 0.451. The van der Waals surface area contributed by atoms with Crippen molar-refractivity contribution in [2.45, 2.75) is 11.6 Å². The first-order valence-electron chi connectivity index (χ1n) is 4.98. The Morgan fingerprint density at radius 3 is 2.88 bits per heavy atom. The molecule has 0 amide bonds. The smallest absolute Gasteiger partial charge is 0.316 e. The minimum atomic E-state index is -3.66. The van der Waals surface area contributed by atoms with Crippen molar-refractivity contribution in [2.75, 3.05) is 18.2 Å². The van der Waals surface area contributed by atoms with Crippen molar-refractivity contribution in [1.29, 1.82) is 0 Å². The zero-order valence-electron chi connectivity index (χ0n) is 8.89. The molecule has 0 spiro atoms. The molecule has 2 N–H and O–H groups in total. The number of hydrogen-bond donors (Lipinski definition) is 1. The maximum absolute atomic E-state index is 12.0. The van der Waals surface area contributed by atoms with Crippen LogP contribution in [0.2, 0.25) is 0 Å². The molecule has 0 atom stereocenters. The minimum absolute atomic E-state index is 0.0663. The van der Waals surface area contributed by atoms with Gasteiger partial charge in [-0.2, -0.15) is 4.98 Å². The standard InChI is InChI=1S/C10H11FN2O3S/c11-4-1-5-17(14,15)10-13-8-3-2-7(12)6-9(8)16-10/h2-3,6H,1,4-5,12H2. The fourth-order valence-electron chi connectivity index (χ4n) is 1.38. The summed E-state index contributed by atoms with van der Waals surface area (Å²) in [6, 6.07) is 4.67. The summed E-state index contributed by atoms with van der Waals surface area (Å²) in [4.78, 5) is 3.85. The van der Waals surface area contributed by atoms with Gasteiger partial charge in [0.15, 0.2) is 5.58 Å². The summed E-state index contributed by atoms with van der Waals surface area (Å²) in [6.45, 7) is -0.688. The van der Waals surface area contributed by atoms with E-state index in [2.05, 4.69) is 4.98 Å². The van der Waals surface area contributed by atoms with Gasteiger partial charge in [0.05, 0.1) is 12.4 Å². The predicted octanol–water partition coefficient (Wildman–Crippen LogP) is 1.54. The van der Waals surface area contributed by atoms with E-state index < -0.39 is 16.5 Å². The minimum Gasteiger partial charge on any atom is -0.428 e. The summed E-state index contributed by atoms with van der Waals surface area (Å²) in [5, 5.41) is -0.383. The molecule has 2 aromatic rings. The van der Waals surface area contributed by atoms with Gasteiger partial charge >= 0.3 is 5.22 Å². The fraction of sp³-hybridized carbons (Fsp3) is 0.300. The van der Waals surface area contributed by atoms with E-state index in [1.54, 1.807) is 12.1 Å². The Morgan fingerprint density at radius 2 is 2.18 bits per heavy atom. The van der Waals surface area contributed by atoms with Gasteiger partial charge in [-0.25, -0.2) is 8.42 Å². The van der Waals surface area contributed by atoms with Crippen LogP contribution in [0, 0.1) is 0 Å². The maximum atomic E-state index is 12.0. The number of aromatic nitrogens is 1. The number of fused-ring (bicyclic) bond motifs is 1. The van der Waals surface area contributed by atoms with Crippen molar-refractivity contribution in [1.82, 2.24) is 4.98 Å². The normalized spacial score (nSPS) is 12.1. The van der Waals surface area contributed by atoms with Crippen molar-refractivity contribution in [3.63, 3.8) is 0 Å². The third-order valence-corrected chi connectivity index (χ3v) is 3.74. The highest BCUT2D eigenvalue weighted by Gasteiger charge is 2.21. The molecule has 0 fully saturated rings. The molecule has 17 heavy (non-hydrogen) atoms. The maximum Gasteiger partial charge on any atom is 0.316 e. The van der Waals surface area contributed by atoms with Crippen LogP contribution >= 0.6 is 0 Å². The Labute approximate surface area is 97.4 Å². The van der Waals surface area contributed by atoms with Gasteiger partial charge in [0, 0.05) is 11.8 Å². The van der Waals surface area contributed by atoms with Gasteiger partial charge in [-0.1, -0.05) is 0 Å². The molecule has 92 valence electrons. The first-order chi connectivity index (χ1) is 8.03. The quantitative estimate of drug-likeness (QED) is 0.841. The number of alkyl halides is 1. The number of benzene rings is 1. The molecule has 0 saturated carbocycles. The van der Waals surface area contributed by atoms with Crippen molar-refractivity contribution in [3.8, 4) is 0 Å². The second kappa shape index (κ2) is 4.33. The van der Waals surface area contributed by atoms with Crippen molar-refractivity contribution < 1.29 is 17.2 Å². The van der Waals surface area contributed by atoms with Crippen LogP contribution in [0.5, 0.6) is 0 Å². The van der Waals surface area contributed by atoms with Crippen LogP contribution in [0.3, 0.4) is 0 Å². The van der Waals surface area contributed by atoms with Gasteiger partial charge in [-0.15, -0.1) is 0 Å². The Hall–Kier alpha value is -1.63. The Balaban J connectivity index is 2.43. The van der Waals surface area contributed by atoms with E-state index in [4.69, 9.17) is 10.2 Å². The summed E-state index contributed by atoms with van der Waals surface area (Å²) in [6.07, 6.45) is -0.0663. The van der Waals surface area contributed by atoms with Crippen LogP contribution in [0.1, 0.15) is 6.42 Å². The molecule has 0 unspecified atom stereocenters. The van der Waals surface area contributed by atoms with Gasteiger partial charge in [-0.3, -0.25) is 4.39 Å². The molecular weight excluding hydrogens is 247 g/mol. The number of anilines is 1. The monoisotopic (exact) mass is 258 g/mol. The molecule has 1 heterocycles. The molecule has 1 aromatic carbocycles. The highest BCUT2D eigenvalue weighted by atomic mass is 32.2. The molecule has 0 radical (unpaired) electrons. The highest BCUT2D eigenvalue weighted by Crippen LogP contribution is 2.21. The van der Waals surface area contributed by atoms with Crippen molar-refractivity contribution in [2.24, 2.45) is 0 Å². The Kier molecular flexibility index (Phi) is 3.01. The molecule has 0 aliphatic carbocycles. The molecule has 0 saturated heterocycles. The second-order valence-corrected chi connectivity index (χ2v) is 5.56. The summed E-state index contributed by atoms with van der Waals surface area (Å²) in [7, 11) is -3.66. The first-order valence-corrected chi connectivity index (χ1v) is 6.63. The van der Waals surface area contributed by atoms with Gasteiger partial charge in [0.1, 0.15) is 5.52 Å². The van der Waals surface area contributed by atoms with Crippen molar-refractivity contribution >= 4 is 26.6 Å². The number of sulfone groups is 1. The Bertz CT molecular complexity index is 636. The van der Waals surface area contributed by atoms with E-state index in [-0.39, 0.29) is 17.4 Å². The number of rotatable bonds is 4. The summed E-state index contributed by atoms with van der Waals surface area (Å²) in [5.41, 5.74) is 6.72.